The van der Waals surface area contributed by atoms with Gasteiger partial charge in [-0.1, -0.05) is 42.8 Å². The zero-order valence-electron chi connectivity index (χ0n) is 19.3. The normalized spacial score (nSPS) is 15.0. The molecule has 0 saturated carbocycles. The molecule has 3 aromatic carbocycles. The lowest BCUT2D eigenvalue weighted by atomic mass is 9.97. The molecule has 2 heterocycles. The Kier molecular flexibility index (Phi) is 6.07. The number of benzene rings is 3. The molecule has 5 nitrogen and oxygen atoms in total. The van der Waals surface area contributed by atoms with E-state index in [1.807, 2.05) is 38.1 Å². The highest BCUT2D eigenvalue weighted by Gasteiger charge is 2.43. The second-order valence-corrected chi connectivity index (χ2v) is 9.06. The summed E-state index contributed by atoms with van der Waals surface area (Å²) in [6, 6.07) is 15.9. The molecule has 0 N–H and O–H groups in total. The van der Waals surface area contributed by atoms with Gasteiger partial charge in [0.25, 0.3) is 5.91 Å². The van der Waals surface area contributed by atoms with Crippen LogP contribution in [0.2, 0.25) is 5.02 Å². The van der Waals surface area contributed by atoms with Crippen molar-refractivity contribution in [2.24, 2.45) is 0 Å². The molecule has 1 amide bonds. The number of fused-ring (bicyclic) bond motifs is 2. The van der Waals surface area contributed by atoms with Gasteiger partial charge in [0, 0.05) is 11.6 Å². The summed E-state index contributed by atoms with van der Waals surface area (Å²) < 4.78 is 25.3. The summed E-state index contributed by atoms with van der Waals surface area (Å²) in [5.41, 5.74) is 2.46. The van der Waals surface area contributed by atoms with Gasteiger partial charge in [-0.2, -0.15) is 0 Å². The van der Waals surface area contributed by atoms with Crippen molar-refractivity contribution in [2.75, 3.05) is 6.61 Å². The van der Waals surface area contributed by atoms with Crippen molar-refractivity contribution in [3.8, 4) is 5.75 Å². The number of halogens is 2. The number of amides is 1. The second-order valence-electron chi connectivity index (χ2n) is 8.65. The van der Waals surface area contributed by atoms with Crippen molar-refractivity contribution >= 4 is 28.5 Å². The molecular formula is C28H23ClFNO4. The molecule has 1 atom stereocenters. The van der Waals surface area contributed by atoms with Crippen molar-refractivity contribution in [2.45, 2.75) is 32.9 Å². The average molecular weight is 492 g/mol. The minimum atomic E-state index is -0.701. The van der Waals surface area contributed by atoms with E-state index < -0.39 is 11.9 Å². The molecule has 178 valence electrons. The number of carbonyl (C=O) groups is 1. The van der Waals surface area contributed by atoms with Crippen LogP contribution in [0.1, 0.15) is 52.2 Å². The van der Waals surface area contributed by atoms with Crippen LogP contribution in [0.3, 0.4) is 0 Å². The predicted molar refractivity (Wildman–Crippen MR) is 133 cm³/mol. The zero-order valence-corrected chi connectivity index (χ0v) is 20.1. The number of ether oxygens (including phenoxy) is 1. The molecular weight excluding hydrogens is 469 g/mol. The summed E-state index contributed by atoms with van der Waals surface area (Å²) in [6.07, 6.45) is 0.849. The van der Waals surface area contributed by atoms with E-state index in [0.29, 0.717) is 28.3 Å². The van der Waals surface area contributed by atoms with E-state index in [9.17, 15) is 14.0 Å². The van der Waals surface area contributed by atoms with Crippen molar-refractivity contribution in [1.29, 1.82) is 0 Å². The Labute approximate surface area is 206 Å². The van der Waals surface area contributed by atoms with Gasteiger partial charge in [-0.15, -0.1) is 0 Å². The molecule has 4 aromatic rings. The number of hydrogen-bond acceptors (Lipinski definition) is 4. The van der Waals surface area contributed by atoms with Crippen LogP contribution in [-0.2, 0) is 6.54 Å². The van der Waals surface area contributed by atoms with Gasteiger partial charge in [-0.3, -0.25) is 9.59 Å². The minimum Gasteiger partial charge on any atom is -0.494 e. The topological polar surface area (TPSA) is 59.8 Å². The largest absolute Gasteiger partial charge is 0.494 e. The molecule has 0 fully saturated rings. The van der Waals surface area contributed by atoms with Crippen LogP contribution in [0.4, 0.5) is 4.39 Å². The molecule has 7 heteroatoms. The van der Waals surface area contributed by atoms with E-state index in [1.54, 1.807) is 29.2 Å². The molecule has 1 aliphatic rings. The van der Waals surface area contributed by atoms with E-state index in [4.69, 9.17) is 20.8 Å². The van der Waals surface area contributed by atoms with Gasteiger partial charge in [0.1, 0.15) is 17.1 Å². The van der Waals surface area contributed by atoms with Gasteiger partial charge >= 0.3 is 0 Å². The maximum Gasteiger partial charge on any atom is 0.291 e. The highest BCUT2D eigenvalue weighted by Crippen LogP contribution is 2.40. The highest BCUT2D eigenvalue weighted by molar-refractivity contribution is 6.32. The Balaban J connectivity index is 1.69. The predicted octanol–water partition coefficient (Wildman–Crippen LogP) is 6.43. The van der Waals surface area contributed by atoms with Crippen molar-refractivity contribution in [3.63, 3.8) is 0 Å². The monoisotopic (exact) mass is 491 g/mol. The van der Waals surface area contributed by atoms with E-state index >= 15 is 0 Å². The van der Waals surface area contributed by atoms with E-state index in [0.717, 1.165) is 23.1 Å². The van der Waals surface area contributed by atoms with Crippen molar-refractivity contribution < 1.29 is 18.3 Å². The second kappa shape index (κ2) is 9.19. The first-order chi connectivity index (χ1) is 16.9. The molecule has 0 bridgehead atoms. The van der Waals surface area contributed by atoms with Crippen LogP contribution in [0.15, 0.2) is 69.9 Å². The Bertz CT molecular complexity index is 1500. The lowest BCUT2D eigenvalue weighted by Crippen LogP contribution is -2.29. The molecule has 0 spiro atoms. The summed E-state index contributed by atoms with van der Waals surface area (Å²) in [5, 5.41) is 0.767. The average Bonchev–Trinajstić information content (AvgIpc) is 3.12. The van der Waals surface area contributed by atoms with Crippen LogP contribution in [0.5, 0.6) is 5.75 Å². The quantitative estimate of drug-likeness (QED) is 0.312. The molecule has 1 unspecified atom stereocenters. The Morgan fingerprint density at radius 3 is 2.60 bits per heavy atom. The fraction of sp³-hybridized carbons (Fsp3) is 0.214. The van der Waals surface area contributed by atoms with Gasteiger partial charge in [-0.25, -0.2) is 4.39 Å². The fourth-order valence-electron chi connectivity index (χ4n) is 4.43. The number of carbonyl (C=O) groups excluding carboxylic acids is 1. The summed E-state index contributed by atoms with van der Waals surface area (Å²) in [6.45, 7) is 4.54. The standard InChI is InChI=1S/C28H23ClFNO4/c1-3-11-34-20-6-4-5-18(13-20)25-24-26(32)21-14-22(29)16(2)12-23(21)35-27(24)28(33)31(25)15-17-7-9-19(30)10-8-17/h4-10,12-14,25H,3,11,15H2,1-2H3. The molecule has 1 aromatic heterocycles. The third-order valence-electron chi connectivity index (χ3n) is 6.16. The summed E-state index contributed by atoms with van der Waals surface area (Å²) in [5.74, 6) is -0.106. The Morgan fingerprint density at radius 1 is 1.09 bits per heavy atom. The van der Waals surface area contributed by atoms with Crippen molar-refractivity contribution in [3.05, 3.63) is 110 Å². The SMILES string of the molecule is CCCOc1cccc(C2c3c(oc4cc(C)c(Cl)cc4c3=O)C(=O)N2Cc2ccc(F)cc2)c1. The maximum absolute atomic E-state index is 13.7. The lowest BCUT2D eigenvalue weighted by molar-refractivity contribution is 0.0714. The third-order valence-corrected chi connectivity index (χ3v) is 6.57. The Morgan fingerprint density at radius 2 is 1.86 bits per heavy atom. The van der Waals surface area contributed by atoms with E-state index in [1.165, 1.54) is 12.1 Å². The van der Waals surface area contributed by atoms with Gasteiger partial charge in [-0.05, 0) is 66.4 Å². The number of rotatable bonds is 6. The minimum absolute atomic E-state index is 0.0104. The summed E-state index contributed by atoms with van der Waals surface area (Å²) >= 11 is 6.31. The molecule has 1 aliphatic heterocycles. The third kappa shape index (κ3) is 4.19. The number of hydrogen-bond donors (Lipinski definition) is 0. The summed E-state index contributed by atoms with van der Waals surface area (Å²) in [7, 11) is 0. The van der Waals surface area contributed by atoms with E-state index in [-0.39, 0.29) is 29.1 Å². The van der Waals surface area contributed by atoms with Crippen LogP contribution in [-0.4, -0.2) is 17.4 Å². The first-order valence-electron chi connectivity index (χ1n) is 11.4. The molecule has 5 rings (SSSR count). The molecule has 0 aliphatic carbocycles. The van der Waals surface area contributed by atoms with Gasteiger partial charge in [0.15, 0.2) is 5.43 Å². The number of aryl methyl sites for hydroxylation is 1. The lowest BCUT2D eigenvalue weighted by Gasteiger charge is -2.25. The van der Waals surface area contributed by atoms with E-state index in [2.05, 4.69) is 0 Å². The van der Waals surface area contributed by atoms with Crippen LogP contribution in [0, 0.1) is 12.7 Å². The molecule has 0 saturated heterocycles. The maximum atomic E-state index is 13.7. The highest BCUT2D eigenvalue weighted by atomic mass is 35.5. The Hall–Kier alpha value is -3.64. The van der Waals surface area contributed by atoms with Crippen LogP contribution >= 0.6 is 11.6 Å². The van der Waals surface area contributed by atoms with Gasteiger partial charge in [0.05, 0.1) is 23.6 Å². The number of nitrogens with zero attached hydrogens (tertiary/aromatic N) is 1. The first kappa shape index (κ1) is 23.1. The van der Waals surface area contributed by atoms with Crippen LogP contribution < -0.4 is 10.2 Å². The smallest absolute Gasteiger partial charge is 0.291 e. The van der Waals surface area contributed by atoms with Gasteiger partial charge in [0.2, 0.25) is 5.76 Å². The van der Waals surface area contributed by atoms with Crippen molar-refractivity contribution in [1.82, 2.24) is 4.90 Å². The fourth-order valence-corrected chi connectivity index (χ4v) is 4.59. The summed E-state index contributed by atoms with van der Waals surface area (Å²) in [4.78, 5) is 28.9. The molecule has 35 heavy (non-hydrogen) atoms. The molecule has 0 radical (unpaired) electrons. The zero-order chi connectivity index (χ0) is 24.7. The van der Waals surface area contributed by atoms with Crippen LogP contribution in [0.25, 0.3) is 11.0 Å². The van der Waals surface area contributed by atoms with Gasteiger partial charge < -0.3 is 14.1 Å². The first-order valence-corrected chi connectivity index (χ1v) is 11.8.